The van der Waals surface area contributed by atoms with Crippen molar-refractivity contribution < 1.29 is 9.53 Å². The van der Waals surface area contributed by atoms with Gasteiger partial charge in [0.1, 0.15) is 5.60 Å². The van der Waals surface area contributed by atoms with Crippen molar-refractivity contribution in [2.45, 2.75) is 38.3 Å². The minimum absolute atomic E-state index is 0.0689. The van der Waals surface area contributed by atoms with E-state index in [2.05, 4.69) is 11.0 Å². The van der Waals surface area contributed by atoms with Crippen LogP contribution in [0.25, 0.3) is 0 Å². The van der Waals surface area contributed by atoms with Gasteiger partial charge in [0.2, 0.25) is 0 Å². The van der Waals surface area contributed by atoms with E-state index < -0.39 is 5.60 Å². The average Bonchev–Trinajstić information content (AvgIpc) is 2.85. The van der Waals surface area contributed by atoms with Crippen molar-refractivity contribution in [1.82, 2.24) is 9.80 Å². The lowest BCUT2D eigenvalue weighted by Gasteiger charge is -2.38. The fourth-order valence-corrected chi connectivity index (χ4v) is 2.68. The number of piperazine rings is 1. The summed E-state index contributed by atoms with van der Waals surface area (Å²) in [5.74, 6) is 0.115. The molecule has 1 amide bonds. The molecule has 2 saturated heterocycles. The average molecular weight is 251 g/mol. The van der Waals surface area contributed by atoms with Gasteiger partial charge in [-0.3, -0.25) is 9.69 Å². The highest BCUT2D eigenvalue weighted by Gasteiger charge is 2.41. The molecule has 2 atom stereocenters. The fraction of sp³-hybridized carbons (Fsp3) is 0.846. The van der Waals surface area contributed by atoms with E-state index in [-0.39, 0.29) is 11.9 Å². The number of nitriles is 1. The number of carbonyl (C=O) groups is 1. The SMILES string of the molecule is CC(C#N)N1CCN(C(=O)C2(C)CCCO2)CC1. The Morgan fingerprint density at radius 3 is 2.56 bits per heavy atom. The van der Waals surface area contributed by atoms with E-state index in [4.69, 9.17) is 10.00 Å². The van der Waals surface area contributed by atoms with Crippen molar-refractivity contribution in [1.29, 1.82) is 5.26 Å². The van der Waals surface area contributed by atoms with Gasteiger partial charge in [-0.1, -0.05) is 0 Å². The van der Waals surface area contributed by atoms with E-state index in [9.17, 15) is 4.79 Å². The molecule has 2 fully saturated rings. The molecule has 0 aromatic heterocycles. The van der Waals surface area contributed by atoms with Crippen LogP contribution < -0.4 is 0 Å². The van der Waals surface area contributed by atoms with Crippen LogP contribution in [0.2, 0.25) is 0 Å². The Balaban J connectivity index is 1.90. The van der Waals surface area contributed by atoms with Crippen molar-refractivity contribution >= 4 is 5.91 Å². The molecule has 5 nitrogen and oxygen atoms in total. The van der Waals surface area contributed by atoms with E-state index in [1.807, 2.05) is 18.7 Å². The molecule has 2 unspecified atom stereocenters. The molecule has 0 spiro atoms. The summed E-state index contributed by atoms with van der Waals surface area (Å²) in [6.07, 6.45) is 1.79. The third-order valence-corrected chi connectivity index (χ3v) is 4.01. The van der Waals surface area contributed by atoms with Crippen LogP contribution in [-0.2, 0) is 9.53 Å². The van der Waals surface area contributed by atoms with Crippen LogP contribution in [-0.4, -0.2) is 60.1 Å². The molecule has 100 valence electrons. The number of nitrogens with zero attached hydrogens (tertiary/aromatic N) is 3. The zero-order valence-corrected chi connectivity index (χ0v) is 11.2. The minimum atomic E-state index is -0.608. The Morgan fingerprint density at radius 1 is 1.39 bits per heavy atom. The maximum Gasteiger partial charge on any atom is 0.254 e. The van der Waals surface area contributed by atoms with Crippen molar-refractivity contribution in [2.24, 2.45) is 0 Å². The number of amides is 1. The second kappa shape index (κ2) is 5.25. The van der Waals surface area contributed by atoms with Gasteiger partial charge in [0.05, 0.1) is 12.1 Å². The van der Waals surface area contributed by atoms with Gasteiger partial charge in [-0.05, 0) is 26.7 Å². The number of rotatable bonds is 2. The molecule has 0 saturated carbocycles. The molecule has 0 aromatic carbocycles. The predicted octanol–water partition coefficient (Wildman–Crippen LogP) is 0.612. The standard InChI is InChI=1S/C13H21N3O2/c1-11(10-14)15-5-7-16(8-6-15)12(17)13(2)4-3-9-18-13/h11H,3-9H2,1-2H3. The zero-order chi connectivity index (χ0) is 13.2. The Labute approximate surface area is 108 Å². The van der Waals surface area contributed by atoms with E-state index in [1.54, 1.807) is 0 Å². The van der Waals surface area contributed by atoms with Crippen LogP contribution in [0.3, 0.4) is 0 Å². The molecule has 2 rings (SSSR count). The second-order valence-corrected chi connectivity index (χ2v) is 5.32. The molecule has 0 aromatic rings. The highest BCUT2D eigenvalue weighted by Crippen LogP contribution is 2.27. The summed E-state index contributed by atoms with van der Waals surface area (Å²) in [6, 6.07) is 2.17. The third-order valence-electron chi connectivity index (χ3n) is 4.01. The zero-order valence-electron chi connectivity index (χ0n) is 11.2. The number of ether oxygens (including phenoxy) is 1. The van der Waals surface area contributed by atoms with Crippen molar-refractivity contribution in [3.63, 3.8) is 0 Å². The summed E-state index contributed by atoms with van der Waals surface area (Å²) >= 11 is 0. The van der Waals surface area contributed by atoms with Crippen LogP contribution in [0, 0.1) is 11.3 Å². The van der Waals surface area contributed by atoms with Gasteiger partial charge >= 0.3 is 0 Å². The van der Waals surface area contributed by atoms with Gasteiger partial charge in [0, 0.05) is 32.8 Å². The Bertz CT molecular complexity index is 350. The molecule has 5 heteroatoms. The lowest BCUT2D eigenvalue weighted by molar-refractivity contribution is -0.152. The van der Waals surface area contributed by atoms with Gasteiger partial charge in [0.25, 0.3) is 5.91 Å². The summed E-state index contributed by atoms with van der Waals surface area (Å²) in [5.41, 5.74) is -0.608. The number of hydrogen-bond acceptors (Lipinski definition) is 4. The highest BCUT2D eigenvalue weighted by molar-refractivity contribution is 5.85. The van der Waals surface area contributed by atoms with E-state index in [1.165, 1.54) is 0 Å². The summed E-state index contributed by atoms with van der Waals surface area (Å²) in [7, 11) is 0. The van der Waals surface area contributed by atoms with Gasteiger partial charge in [-0.15, -0.1) is 0 Å². The molecule has 2 aliphatic rings. The van der Waals surface area contributed by atoms with Crippen molar-refractivity contribution in [2.75, 3.05) is 32.8 Å². The molecule has 0 N–H and O–H groups in total. The fourth-order valence-electron chi connectivity index (χ4n) is 2.68. The predicted molar refractivity (Wildman–Crippen MR) is 66.8 cm³/mol. The van der Waals surface area contributed by atoms with Gasteiger partial charge in [-0.2, -0.15) is 5.26 Å². The normalized spacial score (nSPS) is 31.1. The van der Waals surface area contributed by atoms with Crippen LogP contribution in [0.5, 0.6) is 0 Å². The smallest absolute Gasteiger partial charge is 0.254 e. The summed E-state index contributed by atoms with van der Waals surface area (Å²) in [4.78, 5) is 16.4. The van der Waals surface area contributed by atoms with Crippen LogP contribution >= 0.6 is 0 Å². The van der Waals surface area contributed by atoms with Gasteiger partial charge < -0.3 is 9.64 Å². The largest absolute Gasteiger partial charge is 0.365 e. The molecule has 2 aliphatic heterocycles. The Hall–Kier alpha value is -1.12. The molecule has 2 heterocycles. The summed E-state index contributed by atoms with van der Waals surface area (Å²) in [5, 5.41) is 8.88. The first-order valence-corrected chi connectivity index (χ1v) is 6.64. The van der Waals surface area contributed by atoms with Gasteiger partial charge in [-0.25, -0.2) is 0 Å². The maximum atomic E-state index is 12.4. The second-order valence-electron chi connectivity index (χ2n) is 5.32. The number of hydrogen-bond donors (Lipinski definition) is 0. The monoisotopic (exact) mass is 251 g/mol. The quantitative estimate of drug-likeness (QED) is 0.721. The minimum Gasteiger partial charge on any atom is -0.365 e. The van der Waals surface area contributed by atoms with E-state index >= 15 is 0 Å². The molecule has 0 bridgehead atoms. The van der Waals surface area contributed by atoms with Crippen LogP contribution in [0.15, 0.2) is 0 Å². The molecule has 18 heavy (non-hydrogen) atoms. The Morgan fingerprint density at radius 2 is 2.06 bits per heavy atom. The highest BCUT2D eigenvalue weighted by atomic mass is 16.5. The lowest BCUT2D eigenvalue weighted by Crippen LogP contribution is -2.55. The van der Waals surface area contributed by atoms with Crippen molar-refractivity contribution in [3.05, 3.63) is 0 Å². The summed E-state index contributed by atoms with van der Waals surface area (Å²) in [6.45, 7) is 7.43. The maximum absolute atomic E-state index is 12.4. The number of carbonyl (C=O) groups excluding carboxylic acids is 1. The Kier molecular flexibility index (Phi) is 3.88. The molecule has 0 radical (unpaired) electrons. The first-order valence-electron chi connectivity index (χ1n) is 6.64. The molecule has 0 aliphatic carbocycles. The third kappa shape index (κ3) is 2.50. The first kappa shape index (κ1) is 13.3. The van der Waals surface area contributed by atoms with Crippen LogP contribution in [0.1, 0.15) is 26.7 Å². The van der Waals surface area contributed by atoms with Crippen molar-refractivity contribution in [3.8, 4) is 6.07 Å². The molecular weight excluding hydrogens is 230 g/mol. The van der Waals surface area contributed by atoms with Gasteiger partial charge in [0.15, 0.2) is 0 Å². The topological polar surface area (TPSA) is 56.6 Å². The molecular formula is C13H21N3O2. The summed E-state index contributed by atoms with van der Waals surface area (Å²) < 4.78 is 5.59. The van der Waals surface area contributed by atoms with E-state index in [0.717, 1.165) is 25.9 Å². The first-order chi connectivity index (χ1) is 8.57. The van der Waals surface area contributed by atoms with E-state index in [0.29, 0.717) is 19.7 Å². The lowest BCUT2D eigenvalue weighted by atomic mass is 10.0. The van der Waals surface area contributed by atoms with Crippen LogP contribution in [0.4, 0.5) is 0 Å².